The SMILES string of the molecule is ClC[SiH]1CC1. The van der Waals surface area contributed by atoms with Gasteiger partial charge < -0.3 is 0 Å². The summed E-state index contributed by atoms with van der Waals surface area (Å²) < 4.78 is 0. The number of hydrogen-bond acceptors (Lipinski definition) is 0. The van der Waals surface area contributed by atoms with Gasteiger partial charge in [-0.2, -0.15) is 0 Å². The number of hydrogen-bond donors (Lipinski definition) is 0. The highest BCUT2D eigenvalue weighted by molar-refractivity contribution is 6.75. The van der Waals surface area contributed by atoms with E-state index >= 15 is 0 Å². The summed E-state index contributed by atoms with van der Waals surface area (Å²) in [7, 11) is -0.134. The molecule has 0 aromatic carbocycles. The second-order valence-electron chi connectivity index (χ2n) is 1.60. The highest BCUT2D eigenvalue weighted by Crippen LogP contribution is 2.21. The maximum absolute atomic E-state index is 5.46. The number of alkyl halides is 1. The minimum atomic E-state index is -0.134. The molecule has 0 aliphatic carbocycles. The fraction of sp³-hybridized carbons (Fsp3) is 1.00. The van der Waals surface area contributed by atoms with Crippen molar-refractivity contribution < 1.29 is 0 Å². The fourth-order valence-electron chi connectivity index (χ4n) is 0.272. The molecule has 0 aromatic heterocycles. The van der Waals surface area contributed by atoms with Gasteiger partial charge in [0.2, 0.25) is 0 Å². The smallest absolute Gasteiger partial charge is 0.0535 e. The van der Waals surface area contributed by atoms with Crippen LogP contribution >= 0.6 is 11.6 Å². The summed E-state index contributed by atoms with van der Waals surface area (Å²) in [6.45, 7) is 0. The molecule has 5 heavy (non-hydrogen) atoms. The van der Waals surface area contributed by atoms with Crippen LogP contribution in [0.1, 0.15) is 0 Å². The van der Waals surface area contributed by atoms with Crippen molar-refractivity contribution in [2.45, 2.75) is 12.1 Å². The maximum Gasteiger partial charge on any atom is 0.0535 e. The lowest BCUT2D eigenvalue weighted by Gasteiger charge is -1.67. The van der Waals surface area contributed by atoms with Gasteiger partial charge in [-0.15, -0.1) is 11.6 Å². The normalized spacial score (nSPS) is 23.4. The summed E-state index contributed by atoms with van der Waals surface area (Å²) in [4.78, 5) is 0. The van der Waals surface area contributed by atoms with Gasteiger partial charge in [-0.3, -0.25) is 0 Å². The quantitative estimate of drug-likeness (QED) is 0.346. The van der Waals surface area contributed by atoms with Gasteiger partial charge in [0.1, 0.15) is 0 Å². The molecule has 0 aromatic rings. The first-order valence-corrected chi connectivity index (χ1v) is 4.98. The zero-order valence-corrected chi connectivity index (χ0v) is 4.99. The molecule has 0 atom stereocenters. The Morgan fingerprint density at radius 2 is 2.20 bits per heavy atom. The molecule has 1 saturated heterocycles. The van der Waals surface area contributed by atoms with Crippen LogP contribution in [0.25, 0.3) is 0 Å². The van der Waals surface area contributed by atoms with Gasteiger partial charge in [-0.1, -0.05) is 12.1 Å². The lowest BCUT2D eigenvalue weighted by Crippen LogP contribution is -1.84. The first kappa shape index (κ1) is 3.69. The van der Waals surface area contributed by atoms with Crippen molar-refractivity contribution in [1.29, 1.82) is 0 Å². The zero-order valence-electron chi connectivity index (χ0n) is 3.08. The molecule has 1 fully saturated rings. The Morgan fingerprint density at radius 1 is 1.60 bits per heavy atom. The molecule has 2 heteroatoms. The van der Waals surface area contributed by atoms with Gasteiger partial charge in [0, 0.05) is 5.50 Å². The van der Waals surface area contributed by atoms with Crippen molar-refractivity contribution in [3.63, 3.8) is 0 Å². The summed E-state index contributed by atoms with van der Waals surface area (Å²) in [6.07, 6.45) is 0. The highest BCUT2D eigenvalue weighted by atomic mass is 35.5. The third-order valence-electron chi connectivity index (χ3n) is 0.915. The van der Waals surface area contributed by atoms with E-state index in [1.165, 1.54) is 12.1 Å². The monoisotopic (exact) mass is 106 g/mol. The average Bonchev–Trinajstić information content (AvgIpc) is 2.12. The van der Waals surface area contributed by atoms with Crippen LogP contribution in [0, 0.1) is 0 Å². The molecular weight excluding hydrogens is 99.6 g/mol. The molecule has 1 rings (SSSR count). The molecule has 1 heterocycles. The van der Waals surface area contributed by atoms with Crippen LogP contribution in [0.2, 0.25) is 12.1 Å². The van der Waals surface area contributed by atoms with Crippen molar-refractivity contribution >= 4 is 20.4 Å². The summed E-state index contributed by atoms with van der Waals surface area (Å²) in [5.41, 5.74) is 1.03. The molecule has 0 amide bonds. The predicted octanol–water partition coefficient (Wildman–Crippen LogP) is 1.01. The Morgan fingerprint density at radius 3 is 2.20 bits per heavy atom. The molecular formula is C3H7ClSi. The van der Waals surface area contributed by atoms with Gasteiger partial charge in [0.05, 0.1) is 8.80 Å². The number of halogens is 1. The molecule has 0 nitrogen and oxygen atoms in total. The molecule has 30 valence electrons. The minimum absolute atomic E-state index is 0.134. The summed E-state index contributed by atoms with van der Waals surface area (Å²) in [5, 5.41) is 0. The van der Waals surface area contributed by atoms with Crippen molar-refractivity contribution in [2.75, 3.05) is 5.50 Å². The van der Waals surface area contributed by atoms with Crippen LogP contribution in [0.3, 0.4) is 0 Å². The van der Waals surface area contributed by atoms with Gasteiger partial charge in [0.15, 0.2) is 0 Å². The van der Waals surface area contributed by atoms with E-state index in [1.807, 2.05) is 0 Å². The van der Waals surface area contributed by atoms with Gasteiger partial charge >= 0.3 is 0 Å². The summed E-state index contributed by atoms with van der Waals surface area (Å²) >= 11 is 5.46. The zero-order chi connectivity index (χ0) is 3.70. The topological polar surface area (TPSA) is 0 Å². The predicted molar refractivity (Wildman–Crippen MR) is 27.5 cm³/mol. The Balaban J connectivity index is 2.00. The van der Waals surface area contributed by atoms with Crippen molar-refractivity contribution in [3.8, 4) is 0 Å². The lowest BCUT2D eigenvalue weighted by atomic mass is 11.0. The fourth-order valence-corrected chi connectivity index (χ4v) is 2.45. The standard InChI is InChI=1S/C3H7ClSi/c4-3-5-1-2-5/h5H,1-3H2. The van der Waals surface area contributed by atoms with E-state index in [0.717, 1.165) is 5.50 Å². The van der Waals surface area contributed by atoms with E-state index in [0.29, 0.717) is 0 Å². The highest BCUT2D eigenvalue weighted by Gasteiger charge is 2.20. The molecule has 0 saturated carbocycles. The van der Waals surface area contributed by atoms with E-state index in [4.69, 9.17) is 11.6 Å². The summed E-state index contributed by atoms with van der Waals surface area (Å²) in [6, 6.07) is 3.03. The second-order valence-corrected chi connectivity index (χ2v) is 5.72. The molecule has 1 aliphatic heterocycles. The largest absolute Gasteiger partial charge is 0.131 e. The van der Waals surface area contributed by atoms with Gasteiger partial charge in [-0.25, -0.2) is 0 Å². The van der Waals surface area contributed by atoms with Crippen LogP contribution in [0.4, 0.5) is 0 Å². The Labute approximate surface area is 38.7 Å². The molecule has 0 radical (unpaired) electrons. The molecule has 0 unspecified atom stereocenters. The third kappa shape index (κ3) is 0.934. The van der Waals surface area contributed by atoms with Crippen molar-refractivity contribution in [3.05, 3.63) is 0 Å². The summed E-state index contributed by atoms with van der Waals surface area (Å²) in [5.74, 6) is 0. The first-order valence-electron chi connectivity index (χ1n) is 1.99. The van der Waals surface area contributed by atoms with Gasteiger partial charge in [-0.05, 0) is 0 Å². The maximum atomic E-state index is 5.46. The molecule has 0 spiro atoms. The van der Waals surface area contributed by atoms with Crippen LogP contribution in [0.15, 0.2) is 0 Å². The van der Waals surface area contributed by atoms with E-state index in [2.05, 4.69) is 0 Å². The van der Waals surface area contributed by atoms with Crippen LogP contribution < -0.4 is 0 Å². The molecule has 0 N–H and O–H groups in total. The second kappa shape index (κ2) is 1.31. The third-order valence-corrected chi connectivity index (χ3v) is 4.05. The van der Waals surface area contributed by atoms with Gasteiger partial charge in [0.25, 0.3) is 0 Å². The van der Waals surface area contributed by atoms with Crippen molar-refractivity contribution in [1.82, 2.24) is 0 Å². The van der Waals surface area contributed by atoms with E-state index < -0.39 is 0 Å². The lowest BCUT2D eigenvalue weighted by molar-refractivity contribution is 1.69. The Bertz CT molecular complexity index is 33.9. The Hall–Kier alpha value is 0.507. The minimum Gasteiger partial charge on any atom is -0.131 e. The van der Waals surface area contributed by atoms with Crippen molar-refractivity contribution in [2.24, 2.45) is 0 Å². The van der Waals surface area contributed by atoms with Crippen LogP contribution in [-0.4, -0.2) is 14.3 Å². The molecule has 1 aliphatic rings. The average molecular weight is 107 g/mol. The molecule has 0 bridgehead atoms. The van der Waals surface area contributed by atoms with E-state index in [-0.39, 0.29) is 8.80 Å². The van der Waals surface area contributed by atoms with E-state index in [1.54, 1.807) is 0 Å². The number of rotatable bonds is 1. The van der Waals surface area contributed by atoms with E-state index in [9.17, 15) is 0 Å². The first-order chi connectivity index (χ1) is 2.43. The van der Waals surface area contributed by atoms with Crippen LogP contribution in [-0.2, 0) is 0 Å². The van der Waals surface area contributed by atoms with Crippen LogP contribution in [0.5, 0.6) is 0 Å². The Kier molecular flexibility index (Phi) is 0.966.